The zero-order chi connectivity index (χ0) is 15.4. The van der Waals surface area contributed by atoms with Gasteiger partial charge in [-0.25, -0.2) is 0 Å². The Hall–Kier alpha value is -0.605. The van der Waals surface area contributed by atoms with Crippen molar-refractivity contribution < 1.29 is 14.1 Å². The maximum atomic E-state index is 11.3. The number of hydrogen-bond donors (Lipinski definition) is 0. The quantitative estimate of drug-likeness (QED) is 0.383. The van der Waals surface area contributed by atoms with Gasteiger partial charge in [0.1, 0.15) is 6.29 Å². The largest absolute Gasteiger partial charge is 0.490 e. The van der Waals surface area contributed by atoms with E-state index in [2.05, 4.69) is 13.5 Å². The minimum Gasteiger partial charge on any atom is -0.400 e. The lowest BCUT2D eigenvalue weighted by Gasteiger charge is -2.32. The van der Waals surface area contributed by atoms with Crippen LogP contribution in [0.3, 0.4) is 0 Å². The number of carbonyl (C=O) groups excluding carboxylic acids is 1. The lowest BCUT2D eigenvalue weighted by atomic mass is 9.71. The number of unbranched alkanes of at least 4 members (excludes halogenated alkanes) is 3. The number of allylic oxidation sites excluding steroid dienone is 1. The van der Waals surface area contributed by atoms with E-state index in [1.54, 1.807) is 0 Å². The summed E-state index contributed by atoms with van der Waals surface area (Å²) in [6.45, 7) is 14.3. The van der Waals surface area contributed by atoms with E-state index >= 15 is 0 Å². The molecule has 4 heteroatoms. The third kappa shape index (κ3) is 3.95. The van der Waals surface area contributed by atoms with Crippen LogP contribution in [0.4, 0.5) is 0 Å². The van der Waals surface area contributed by atoms with Crippen molar-refractivity contribution in [1.82, 2.24) is 0 Å². The molecule has 1 atom stereocenters. The second-order valence-electron chi connectivity index (χ2n) is 6.76. The summed E-state index contributed by atoms with van der Waals surface area (Å²) >= 11 is 0. The molecule has 114 valence electrons. The van der Waals surface area contributed by atoms with Gasteiger partial charge in [0.2, 0.25) is 0 Å². The molecule has 20 heavy (non-hydrogen) atoms. The van der Waals surface area contributed by atoms with Gasteiger partial charge in [0.25, 0.3) is 0 Å². The van der Waals surface area contributed by atoms with Crippen molar-refractivity contribution in [3.05, 3.63) is 12.1 Å². The molecule has 1 rings (SSSR count). The number of aldehydes is 1. The molecule has 0 radical (unpaired) electrons. The highest BCUT2D eigenvalue weighted by atomic mass is 16.7. The highest BCUT2D eigenvalue weighted by Gasteiger charge is 2.52. The maximum absolute atomic E-state index is 11.3. The molecule has 0 spiro atoms. The Balaban J connectivity index is 2.58. The monoisotopic (exact) mass is 280 g/mol. The van der Waals surface area contributed by atoms with Crippen LogP contribution >= 0.6 is 0 Å². The second kappa shape index (κ2) is 6.90. The van der Waals surface area contributed by atoms with Gasteiger partial charge in [-0.05, 0) is 39.6 Å². The first kappa shape index (κ1) is 17.4. The van der Waals surface area contributed by atoms with Crippen LogP contribution < -0.4 is 0 Å². The fourth-order valence-corrected chi connectivity index (χ4v) is 2.30. The standard InChI is InChI=1S/C16H29BO3/c1-7-8-9-10-11-14(12-18)13(2)17-19-15(3,4)16(5,6)20-17/h12,14H,2,7-11H2,1,3-6H3. The zero-order valence-corrected chi connectivity index (χ0v) is 13.7. The number of carbonyl (C=O) groups is 1. The minimum atomic E-state index is -0.471. The topological polar surface area (TPSA) is 35.5 Å². The number of rotatable bonds is 8. The molecule has 1 heterocycles. The van der Waals surface area contributed by atoms with Crippen molar-refractivity contribution in [1.29, 1.82) is 0 Å². The van der Waals surface area contributed by atoms with E-state index < -0.39 is 7.12 Å². The Morgan fingerprint density at radius 2 is 1.70 bits per heavy atom. The van der Waals surface area contributed by atoms with Gasteiger partial charge in [-0.15, -0.1) is 6.58 Å². The Morgan fingerprint density at radius 3 is 2.15 bits per heavy atom. The molecule has 0 aromatic rings. The molecule has 0 saturated carbocycles. The highest BCUT2D eigenvalue weighted by molar-refractivity contribution is 6.55. The molecule has 1 fully saturated rings. The summed E-state index contributed by atoms with van der Waals surface area (Å²) in [7, 11) is -0.471. The first-order valence-corrected chi connectivity index (χ1v) is 7.74. The van der Waals surface area contributed by atoms with Crippen LogP contribution in [-0.2, 0) is 14.1 Å². The van der Waals surface area contributed by atoms with Crippen molar-refractivity contribution in [2.45, 2.75) is 77.9 Å². The van der Waals surface area contributed by atoms with Crippen molar-refractivity contribution in [3.63, 3.8) is 0 Å². The van der Waals surface area contributed by atoms with Crippen molar-refractivity contribution >= 4 is 13.4 Å². The van der Waals surface area contributed by atoms with Gasteiger partial charge in [0, 0.05) is 5.92 Å². The van der Waals surface area contributed by atoms with E-state index in [-0.39, 0.29) is 17.1 Å². The second-order valence-corrected chi connectivity index (χ2v) is 6.76. The normalized spacial score (nSPS) is 21.8. The van der Waals surface area contributed by atoms with Gasteiger partial charge in [-0.1, -0.05) is 32.6 Å². The minimum absolute atomic E-state index is 0.165. The average molecular weight is 280 g/mol. The van der Waals surface area contributed by atoms with Crippen LogP contribution in [0.2, 0.25) is 0 Å². The summed E-state index contributed by atoms with van der Waals surface area (Å²) in [5.74, 6) is -0.165. The Bertz CT molecular complexity index is 334. The Kier molecular flexibility index (Phi) is 6.02. The predicted octanol–water partition coefficient (Wildman–Crippen LogP) is 3.96. The van der Waals surface area contributed by atoms with E-state index in [0.717, 1.165) is 31.0 Å². The molecule has 0 aliphatic carbocycles. The molecule has 0 amide bonds. The van der Waals surface area contributed by atoms with Gasteiger partial charge in [0.05, 0.1) is 11.2 Å². The van der Waals surface area contributed by atoms with E-state index in [0.29, 0.717) is 0 Å². The van der Waals surface area contributed by atoms with Gasteiger partial charge >= 0.3 is 7.12 Å². The van der Waals surface area contributed by atoms with E-state index in [9.17, 15) is 4.79 Å². The van der Waals surface area contributed by atoms with Crippen molar-refractivity contribution in [2.75, 3.05) is 0 Å². The van der Waals surface area contributed by atoms with E-state index in [1.807, 2.05) is 27.7 Å². The van der Waals surface area contributed by atoms with Gasteiger partial charge in [-0.2, -0.15) is 0 Å². The molecule has 0 bridgehead atoms. The molecule has 1 aliphatic rings. The lowest BCUT2D eigenvalue weighted by Crippen LogP contribution is -2.41. The summed E-state index contributed by atoms with van der Waals surface area (Å²) < 4.78 is 11.9. The Labute approximate surface area is 124 Å². The highest BCUT2D eigenvalue weighted by Crippen LogP contribution is 2.39. The lowest BCUT2D eigenvalue weighted by molar-refractivity contribution is -0.110. The summed E-state index contributed by atoms with van der Waals surface area (Å²) in [6, 6.07) is 0. The van der Waals surface area contributed by atoms with Crippen LogP contribution in [0.5, 0.6) is 0 Å². The molecule has 1 unspecified atom stereocenters. The first-order valence-electron chi connectivity index (χ1n) is 7.74. The van der Waals surface area contributed by atoms with Gasteiger partial charge in [0.15, 0.2) is 0 Å². The summed E-state index contributed by atoms with van der Waals surface area (Å²) in [4.78, 5) is 11.3. The van der Waals surface area contributed by atoms with Crippen LogP contribution in [0.25, 0.3) is 0 Å². The molecular weight excluding hydrogens is 251 g/mol. The van der Waals surface area contributed by atoms with Crippen LogP contribution in [-0.4, -0.2) is 24.6 Å². The predicted molar refractivity (Wildman–Crippen MR) is 83.5 cm³/mol. The third-order valence-electron chi connectivity index (χ3n) is 4.57. The van der Waals surface area contributed by atoms with Crippen molar-refractivity contribution in [3.8, 4) is 0 Å². The van der Waals surface area contributed by atoms with Crippen LogP contribution in [0.1, 0.15) is 66.7 Å². The molecule has 1 saturated heterocycles. The van der Waals surface area contributed by atoms with Crippen LogP contribution in [0.15, 0.2) is 12.1 Å². The fraction of sp³-hybridized carbons (Fsp3) is 0.812. The SMILES string of the molecule is C=C(B1OC(C)(C)C(C)(C)O1)C(C=O)CCCCCC. The molecule has 0 aromatic heterocycles. The van der Waals surface area contributed by atoms with Crippen molar-refractivity contribution in [2.24, 2.45) is 5.92 Å². The molecule has 0 N–H and O–H groups in total. The van der Waals surface area contributed by atoms with Crippen LogP contribution in [0, 0.1) is 5.92 Å². The smallest absolute Gasteiger partial charge is 0.400 e. The van der Waals surface area contributed by atoms with E-state index in [4.69, 9.17) is 9.31 Å². The summed E-state index contributed by atoms with van der Waals surface area (Å²) in [6.07, 6.45) is 6.46. The Morgan fingerprint density at radius 1 is 1.15 bits per heavy atom. The average Bonchev–Trinajstić information content (AvgIpc) is 2.58. The fourth-order valence-electron chi connectivity index (χ4n) is 2.30. The van der Waals surface area contributed by atoms with E-state index in [1.165, 1.54) is 12.8 Å². The van der Waals surface area contributed by atoms with Gasteiger partial charge in [-0.3, -0.25) is 0 Å². The molecular formula is C16H29BO3. The molecule has 1 aliphatic heterocycles. The number of hydrogen-bond acceptors (Lipinski definition) is 3. The third-order valence-corrected chi connectivity index (χ3v) is 4.57. The maximum Gasteiger partial charge on any atom is 0.490 e. The first-order chi connectivity index (χ1) is 9.25. The summed E-state index contributed by atoms with van der Waals surface area (Å²) in [5.41, 5.74) is 0.00196. The zero-order valence-electron chi connectivity index (χ0n) is 13.7. The van der Waals surface area contributed by atoms with Gasteiger partial charge < -0.3 is 14.1 Å². The summed E-state index contributed by atoms with van der Waals surface area (Å²) in [5, 5.41) is 0. The molecule has 0 aromatic carbocycles. The molecule has 3 nitrogen and oxygen atoms in total.